The van der Waals surface area contributed by atoms with Crippen molar-refractivity contribution in [3.63, 3.8) is 0 Å². The average molecular weight is 564 g/mol. The summed E-state index contributed by atoms with van der Waals surface area (Å²) in [6, 6.07) is 23.4. The summed E-state index contributed by atoms with van der Waals surface area (Å²) in [5.41, 5.74) is 4.55. The van der Waals surface area contributed by atoms with Crippen LogP contribution < -0.4 is 4.90 Å². The van der Waals surface area contributed by atoms with E-state index in [2.05, 4.69) is 40.1 Å². The number of amides is 1. The summed E-state index contributed by atoms with van der Waals surface area (Å²) in [4.78, 5) is 19.7. The molecule has 0 aromatic heterocycles. The molecule has 0 spiro atoms. The number of hydrogen-bond donors (Lipinski definition) is 0. The fourth-order valence-electron chi connectivity index (χ4n) is 5.23. The van der Waals surface area contributed by atoms with Gasteiger partial charge in [-0.05, 0) is 66.4 Å². The van der Waals surface area contributed by atoms with Gasteiger partial charge in [-0.2, -0.15) is 5.26 Å². The molecule has 2 aliphatic rings. The van der Waals surface area contributed by atoms with Gasteiger partial charge in [0.05, 0.1) is 34.9 Å². The van der Waals surface area contributed by atoms with Crippen LogP contribution in [0.5, 0.6) is 0 Å². The Morgan fingerprint density at radius 1 is 0.923 bits per heavy atom. The third-order valence-corrected chi connectivity index (χ3v) is 8.04. The smallest absolute Gasteiger partial charge is 0.255 e. The fraction of sp³-hybridized carbons (Fsp3) is 0.355. The molecular weight excluding hydrogens is 531 g/mol. The summed E-state index contributed by atoms with van der Waals surface area (Å²) in [6.07, 6.45) is 2.33. The predicted octanol–water partition coefficient (Wildman–Crippen LogP) is 6.18. The van der Waals surface area contributed by atoms with Crippen LogP contribution >= 0.6 is 23.2 Å². The lowest BCUT2D eigenvalue weighted by molar-refractivity contribution is 0.00344. The molecule has 3 aromatic rings. The number of piperazine rings is 1. The highest BCUT2D eigenvalue weighted by Crippen LogP contribution is 2.28. The third kappa shape index (κ3) is 6.93. The maximum Gasteiger partial charge on any atom is 0.255 e. The number of anilines is 1. The van der Waals surface area contributed by atoms with E-state index in [1.807, 2.05) is 29.2 Å². The standard InChI is InChI=1S/C31H32Cl2N4O2/c32-26-10-11-28(29(33)19-26)31(38)37-16-14-35(15-17-37)21-30(39-22-24-8-6-23(20-34)7-9-24)25-4-3-5-27(18-25)36-12-1-2-13-36/h3-11,18-19,30H,1-2,12-17,21-22H2. The van der Waals surface area contributed by atoms with Gasteiger partial charge in [0.25, 0.3) is 5.91 Å². The van der Waals surface area contributed by atoms with Gasteiger partial charge in [-0.25, -0.2) is 0 Å². The summed E-state index contributed by atoms with van der Waals surface area (Å²) >= 11 is 12.3. The van der Waals surface area contributed by atoms with Crippen LogP contribution in [0.15, 0.2) is 66.7 Å². The first kappa shape index (κ1) is 27.5. The van der Waals surface area contributed by atoms with Crippen molar-refractivity contribution in [2.45, 2.75) is 25.6 Å². The summed E-state index contributed by atoms with van der Waals surface area (Å²) in [5, 5.41) is 10.0. The quantitative estimate of drug-likeness (QED) is 0.328. The molecular formula is C31H32Cl2N4O2. The largest absolute Gasteiger partial charge is 0.372 e. The Balaban J connectivity index is 1.27. The van der Waals surface area contributed by atoms with E-state index in [-0.39, 0.29) is 12.0 Å². The van der Waals surface area contributed by atoms with Crippen LogP contribution in [0.1, 0.15) is 46.0 Å². The van der Waals surface area contributed by atoms with Crippen molar-refractivity contribution >= 4 is 34.8 Å². The molecule has 2 fully saturated rings. The molecule has 2 saturated heterocycles. The zero-order chi connectivity index (χ0) is 27.2. The van der Waals surface area contributed by atoms with Gasteiger partial charge in [0.2, 0.25) is 0 Å². The van der Waals surface area contributed by atoms with Crippen molar-refractivity contribution in [3.8, 4) is 6.07 Å². The van der Waals surface area contributed by atoms with Crippen LogP contribution in [0.25, 0.3) is 0 Å². The summed E-state index contributed by atoms with van der Waals surface area (Å²) in [6.45, 7) is 6.10. The lowest BCUT2D eigenvalue weighted by Crippen LogP contribution is -2.49. The van der Waals surface area contributed by atoms with Crippen molar-refractivity contribution in [1.82, 2.24) is 9.80 Å². The van der Waals surface area contributed by atoms with E-state index in [4.69, 9.17) is 33.2 Å². The second kappa shape index (κ2) is 12.8. The zero-order valence-corrected chi connectivity index (χ0v) is 23.4. The molecule has 5 rings (SSSR count). The SMILES string of the molecule is N#Cc1ccc(COC(CN2CCN(C(=O)c3ccc(Cl)cc3Cl)CC2)c2cccc(N3CCCC3)c2)cc1. The third-order valence-electron chi connectivity index (χ3n) is 7.49. The lowest BCUT2D eigenvalue weighted by Gasteiger charge is -2.36. The van der Waals surface area contributed by atoms with E-state index in [9.17, 15) is 4.79 Å². The molecule has 0 saturated carbocycles. The molecule has 1 atom stereocenters. The molecule has 0 bridgehead atoms. The Labute approximate surface area is 240 Å². The van der Waals surface area contributed by atoms with E-state index in [0.717, 1.165) is 43.9 Å². The number of rotatable bonds is 8. The summed E-state index contributed by atoms with van der Waals surface area (Å²) in [7, 11) is 0. The van der Waals surface area contributed by atoms with E-state index in [1.165, 1.54) is 18.5 Å². The predicted molar refractivity (Wildman–Crippen MR) is 155 cm³/mol. The van der Waals surface area contributed by atoms with Crippen molar-refractivity contribution in [3.05, 3.63) is 99.0 Å². The Kier molecular flexibility index (Phi) is 9.06. The average Bonchev–Trinajstić information content (AvgIpc) is 3.51. The van der Waals surface area contributed by atoms with Crippen molar-refractivity contribution < 1.29 is 9.53 Å². The molecule has 1 unspecified atom stereocenters. The topological polar surface area (TPSA) is 59.8 Å². The van der Waals surface area contributed by atoms with E-state index < -0.39 is 0 Å². The summed E-state index contributed by atoms with van der Waals surface area (Å²) < 4.78 is 6.53. The van der Waals surface area contributed by atoms with Gasteiger partial charge in [0, 0.05) is 56.5 Å². The highest BCUT2D eigenvalue weighted by molar-refractivity contribution is 6.36. The normalized spacial score (nSPS) is 16.7. The van der Waals surface area contributed by atoms with Gasteiger partial charge < -0.3 is 14.5 Å². The van der Waals surface area contributed by atoms with Crippen LogP contribution in [0.2, 0.25) is 10.0 Å². The highest BCUT2D eigenvalue weighted by Gasteiger charge is 2.26. The Morgan fingerprint density at radius 2 is 1.67 bits per heavy atom. The van der Waals surface area contributed by atoms with Crippen LogP contribution in [-0.2, 0) is 11.3 Å². The molecule has 1 amide bonds. The van der Waals surface area contributed by atoms with Crippen molar-refractivity contribution in [1.29, 1.82) is 5.26 Å². The Bertz CT molecular complexity index is 1330. The number of carbonyl (C=O) groups is 1. The summed E-state index contributed by atoms with van der Waals surface area (Å²) in [5.74, 6) is -0.0664. The van der Waals surface area contributed by atoms with Crippen LogP contribution in [0.4, 0.5) is 5.69 Å². The van der Waals surface area contributed by atoms with Gasteiger partial charge in [-0.15, -0.1) is 0 Å². The number of hydrogen-bond acceptors (Lipinski definition) is 5. The minimum Gasteiger partial charge on any atom is -0.372 e. The molecule has 8 heteroatoms. The first-order valence-corrected chi connectivity index (χ1v) is 14.2. The number of nitriles is 1. The molecule has 39 heavy (non-hydrogen) atoms. The van der Waals surface area contributed by atoms with Gasteiger partial charge in [-0.1, -0.05) is 47.5 Å². The van der Waals surface area contributed by atoms with Gasteiger partial charge in [0.15, 0.2) is 0 Å². The fourth-order valence-corrected chi connectivity index (χ4v) is 5.71. The van der Waals surface area contributed by atoms with Crippen LogP contribution in [0.3, 0.4) is 0 Å². The molecule has 2 heterocycles. The Hall–Kier alpha value is -3.08. The number of nitrogens with zero attached hydrogens (tertiary/aromatic N) is 4. The van der Waals surface area contributed by atoms with Crippen LogP contribution in [0, 0.1) is 11.3 Å². The van der Waals surface area contributed by atoms with Gasteiger partial charge >= 0.3 is 0 Å². The maximum absolute atomic E-state index is 13.1. The molecule has 0 radical (unpaired) electrons. The Morgan fingerprint density at radius 3 is 2.36 bits per heavy atom. The minimum atomic E-state index is -0.129. The highest BCUT2D eigenvalue weighted by atomic mass is 35.5. The number of halogens is 2. The first-order chi connectivity index (χ1) is 19.0. The molecule has 0 aliphatic carbocycles. The number of ether oxygens (including phenoxy) is 1. The lowest BCUT2D eigenvalue weighted by atomic mass is 10.1. The number of benzene rings is 3. The second-order valence-corrected chi connectivity index (χ2v) is 11.0. The molecule has 0 N–H and O–H groups in total. The zero-order valence-electron chi connectivity index (χ0n) is 21.9. The molecule has 202 valence electrons. The minimum absolute atomic E-state index is 0.0664. The van der Waals surface area contributed by atoms with Gasteiger partial charge in [0.1, 0.15) is 0 Å². The van der Waals surface area contributed by atoms with E-state index in [1.54, 1.807) is 18.2 Å². The van der Waals surface area contributed by atoms with E-state index >= 15 is 0 Å². The van der Waals surface area contributed by atoms with Crippen LogP contribution in [-0.4, -0.2) is 61.5 Å². The molecule has 3 aromatic carbocycles. The maximum atomic E-state index is 13.1. The van der Waals surface area contributed by atoms with E-state index in [0.29, 0.717) is 40.9 Å². The van der Waals surface area contributed by atoms with Gasteiger partial charge in [-0.3, -0.25) is 9.69 Å². The second-order valence-electron chi connectivity index (χ2n) is 10.1. The number of carbonyl (C=O) groups excluding carboxylic acids is 1. The molecule has 6 nitrogen and oxygen atoms in total. The molecule has 2 aliphatic heterocycles. The van der Waals surface area contributed by atoms with Crippen molar-refractivity contribution in [2.24, 2.45) is 0 Å². The first-order valence-electron chi connectivity index (χ1n) is 13.4. The van der Waals surface area contributed by atoms with Crippen molar-refractivity contribution in [2.75, 3.05) is 50.7 Å². The monoisotopic (exact) mass is 562 g/mol.